The highest BCUT2D eigenvalue weighted by Crippen LogP contribution is 2.15. The second-order valence-corrected chi connectivity index (χ2v) is 18.1. The van der Waals surface area contributed by atoms with Gasteiger partial charge in [0.05, 0.1) is 0 Å². The Bertz CT molecular complexity index is 1290. The monoisotopic (exact) mass is 919 g/mol. The number of carbonyl (C=O) groups excluding carboxylic acids is 3. The fourth-order valence-electron chi connectivity index (χ4n) is 7.50. The summed E-state index contributed by atoms with van der Waals surface area (Å²) >= 11 is 0. The molecule has 0 aromatic heterocycles. The van der Waals surface area contributed by atoms with Gasteiger partial charge in [-0.2, -0.15) is 0 Å². The number of hydrogen-bond acceptors (Lipinski definition) is 6. The van der Waals surface area contributed by atoms with E-state index in [1.54, 1.807) is 0 Å². The zero-order chi connectivity index (χ0) is 47.9. The third-order valence-corrected chi connectivity index (χ3v) is 11.6. The Balaban J connectivity index is 4.38. The van der Waals surface area contributed by atoms with Gasteiger partial charge in [0.2, 0.25) is 0 Å². The summed E-state index contributed by atoms with van der Waals surface area (Å²) in [7, 11) is 0. The minimum atomic E-state index is -0.788. The van der Waals surface area contributed by atoms with Gasteiger partial charge in [0, 0.05) is 19.3 Å². The number of esters is 3. The maximum Gasteiger partial charge on any atom is 0.306 e. The van der Waals surface area contributed by atoms with Crippen LogP contribution in [0.1, 0.15) is 258 Å². The lowest BCUT2D eigenvalue weighted by atomic mass is 10.0. The normalized spacial score (nSPS) is 12.7. The van der Waals surface area contributed by atoms with Crippen molar-refractivity contribution in [1.29, 1.82) is 0 Å². The first-order valence-corrected chi connectivity index (χ1v) is 27.6. The number of hydrogen-bond donors (Lipinski definition) is 0. The molecule has 0 rings (SSSR count). The second-order valence-electron chi connectivity index (χ2n) is 18.1. The molecule has 1 atom stereocenters. The Morgan fingerprint density at radius 1 is 0.318 bits per heavy atom. The van der Waals surface area contributed by atoms with Crippen LogP contribution in [0.2, 0.25) is 0 Å². The quantitative estimate of drug-likeness (QED) is 0.0262. The Morgan fingerprint density at radius 2 is 0.591 bits per heavy atom. The lowest BCUT2D eigenvalue weighted by Crippen LogP contribution is -2.30. The molecule has 0 radical (unpaired) electrons. The first kappa shape index (κ1) is 62.6. The predicted molar refractivity (Wildman–Crippen MR) is 284 cm³/mol. The molecule has 0 N–H and O–H groups in total. The highest BCUT2D eigenvalue weighted by Gasteiger charge is 2.19. The van der Waals surface area contributed by atoms with Crippen LogP contribution in [0.4, 0.5) is 0 Å². The fraction of sp³-hybridized carbons (Fsp3) is 0.717. The maximum absolute atomic E-state index is 12.8. The zero-order valence-corrected chi connectivity index (χ0v) is 43.2. The third-order valence-electron chi connectivity index (χ3n) is 11.6. The van der Waals surface area contributed by atoms with Crippen LogP contribution in [-0.2, 0) is 28.6 Å². The van der Waals surface area contributed by atoms with Crippen molar-refractivity contribution in [3.05, 3.63) is 85.1 Å². The smallest absolute Gasteiger partial charge is 0.306 e. The van der Waals surface area contributed by atoms with Crippen molar-refractivity contribution in [1.82, 2.24) is 0 Å². The molecule has 1 unspecified atom stereocenters. The number of ether oxygens (including phenoxy) is 3. The predicted octanol–water partition coefficient (Wildman–Crippen LogP) is 18.4. The van der Waals surface area contributed by atoms with Crippen molar-refractivity contribution < 1.29 is 28.6 Å². The molecule has 0 saturated heterocycles. The topological polar surface area (TPSA) is 78.9 Å². The van der Waals surface area contributed by atoms with Crippen LogP contribution in [0.5, 0.6) is 0 Å². The van der Waals surface area contributed by atoms with Gasteiger partial charge in [0.15, 0.2) is 6.10 Å². The summed E-state index contributed by atoms with van der Waals surface area (Å²) in [5, 5.41) is 0. The van der Waals surface area contributed by atoms with E-state index < -0.39 is 6.10 Å². The van der Waals surface area contributed by atoms with Crippen molar-refractivity contribution in [3.8, 4) is 0 Å². The SMILES string of the molecule is CC/C=C\C/C=C\C/C=C\C/C=C\C/C=C\C/C=C\CCCCCCC(=O)OCC(COC(=O)CCCCCCC/C=C\CCCCC)OC(=O)CCCCCCCCCCCCCCC. The summed E-state index contributed by atoms with van der Waals surface area (Å²) in [5.74, 6) is -0.918. The third kappa shape index (κ3) is 51.6. The van der Waals surface area contributed by atoms with E-state index in [9.17, 15) is 14.4 Å². The van der Waals surface area contributed by atoms with Crippen LogP contribution in [0.15, 0.2) is 85.1 Å². The van der Waals surface area contributed by atoms with Gasteiger partial charge in [-0.05, 0) is 96.3 Å². The first-order valence-electron chi connectivity index (χ1n) is 27.6. The van der Waals surface area contributed by atoms with Crippen LogP contribution in [0.3, 0.4) is 0 Å². The van der Waals surface area contributed by atoms with E-state index in [4.69, 9.17) is 14.2 Å². The highest BCUT2D eigenvalue weighted by molar-refractivity contribution is 5.71. The molecule has 0 heterocycles. The Kier molecular flexibility index (Phi) is 51.4. The summed E-state index contributed by atoms with van der Waals surface area (Å²) in [5.41, 5.74) is 0. The molecule has 0 amide bonds. The standard InChI is InChI=1S/C60H102O6/c1-4-7-10-13-16-19-22-25-26-27-28-29-30-31-32-33-34-36-38-41-44-47-50-53-59(62)65-56-57(55-64-58(61)52-49-46-43-40-37-24-21-18-15-12-9-6-3)66-60(63)54-51-48-45-42-39-35-23-20-17-14-11-8-5-2/h7,10,16,18-19,21,25-26,28-29,31-32,34,36,57H,4-6,8-9,11-15,17,20,22-24,27,30,33,35,37-56H2,1-3H3/b10-7-,19-16-,21-18-,26-25-,29-28-,32-31-,36-34-. The molecular formula is C60H102O6. The fourth-order valence-corrected chi connectivity index (χ4v) is 7.50. The van der Waals surface area contributed by atoms with E-state index in [-0.39, 0.29) is 31.1 Å². The summed E-state index contributed by atoms with van der Waals surface area (Å²) in [6.07, 6.45) is 70.0. The van der Waals surface area contributed by atoms with Crippen molar-refractivity contribution in [2.45, 2.75) is 264 Å². The number of allylic oxidation sites excluding steroid dienone is 14. The molecule has 0 aliphatic rings. The van der Waals surface area contributed by atoms with Crippen molar-refractivity contribution in [2.75, 3.05) is 13.2 Å². The lowest BCUT2D eigenvalue weighted by Gasteiger charge is -2.18. The average Bonchev–Trinajstić information content (AvgIpc) is 3.31. The molecular weight excluding hydrogens is 817 g/mol. The van der Waals surface area contributed by atoms with E-state index in [2.05, 4.69) is 106 Å². The Morgan fingerprint density at radius 3 is 0.970 bits per heavy atom. The maximum atomic E-state index is 12.8. The molecule has 0 fully saturated rings. The molecule has 0 bridgehead atoms. The molecule has 6 nitrogen and oxygen atoms in total. The largest absolute Gasteiger partial charge is 0.462 e. The van der Waals surface area contributed by atoms with Crippen LogP contribution >= 0.6 is 0 Å². The van der Waals surface area contributed by atoms with Gasteiger partial charge in [-0.15, -0.1) is 0 Å². The van der Waals surface area contributed by atoms with E-state index in [0.29, 0.717) is 19.3 Å². The summed E-state index contributed by atoms with van der Waals surface area (Å²) in [6, 6.07) is 0. The van der Waals surface area contributed by atoms with Crippen LogP contribution in [0.25, 0.3) is 0 Å². The number of unbranched alkanes of at least 4 members (excludes halogenated alkanes) is 24. The van der Waals surface area contributed by atoms with Crippen LogP contribution in [-0.4, -0.2) is 37.2 Å². The minimum absolute atomic E-state index is 0.0877. The van der Waals surface area contributed by atoms with Gasteiger partial charge in [0.25, 0.3) is 0 Å². The lowest BCUT2D eigenvalue weighted by molar-refractivity contribution is -0.167. The molecule has 0 aromatic rings. The summed E-state index contributed by atoms with van der Waals surface area (Å²) in [4.78, 5) is 38.0. The zero-order valence-electron chi connectivity index (χ0n) is 43.2. The molecule has 0 aromatic carbocycles. The van der Waals surface area contributed by atoms with E-state index in [0.717, 1.165) is 116 Å². The van der Waals surface area contributed by atoms with Crippen molar-refractivity contribution in [2.24, 2.45) is 0 Å². The van der Waals surface area contributed by atoms with Crippen LogP contribution < -0.4 is 0 Å². The number of rotatable bonds is 49. The Hall–Kier alpha value is -3.41. The second kappa shape index (κ2) is 54.2. The average molecular weight is 919 g/mol. The molecule has 66 heavy (non-hydrogen) atoms. The minimum Gasteiger partial charge on any atom is -0.462 e. The van der Waals surface area contributed by atoms with Gasteiger partial charge >= 0.3 is 17.9 Å². The van der Waals surface area contributed by atoms with E-state index in [1.165, 1.54) is 103 Å². The Labute approximate surface area is 407 Å². The molecule has 0 aliphatic heterocycles. The molecule has 0 spiro atoms. The van der Waals surface area contributed by atoms with Gasteiger partial charge in [0.1, 0.15) is 13.2 Å². The molecule has 378 valence electrons. The van der Waals surface area contributed by atoms with Gasteiger partial charge in [-0.1, -0.05) is 228 Å². The van der Waals surface area contributed by atoms with E-state index in [1.807, 2.05) is 0 Å². The highest BCUT2D eigenvalue weighted by atomic mass is 16.6. The van der Waals surface area contributed by atoms with Crippen LogP contribution in [0, 0.1) is 0 Å². The van der Waals surface area contributed by atoms with Crippen molar-refractivity contribution >= 4 is 17.9 Å². The molecule has 6 heteroatoms. The summed E-state index contributed by atoms with van der Waals surface area (Å²) in [6.45, 7) is 6.48. The summed E-state index contributed by atoms with van der Waals surface area (Å²) < 4.78 is 16.8. The van der Waals surface area contributed by atoms with Gasteiger partial charge in [-0.3, -0.25) is 14.4 Å². The number of carbonyl (C=O) groups is 3. The van der Waals surface area contributed by atoms with Gasteiger partial charge in [-0.25, -0.2) is 0 Å². The van der Waals surface area contributed by atoms with E-state index >= 15 is 0 Å². The van der Waals surface area contributed by atoms with Gasteiger partial charge < -0.3 is 14.2 Å². The first-order chi connectivity index (χ1) is 32.5. The molecule has 0 aliphatic carbocycles. The van der Waals surface area contributed by atoms with Crippen molar-refractivity contribution in [3.63, 3.8) is 0 Å². The molecule has 0 saturated carbocycles.